The van der Waals surface area contributed by atoms with Crippen molar-refractivity contribution >= 4 is 5.91 Å². The summed E-state index contributed by atoms with van der Waals surface area (Å²) in [7, 11) is 3.13. The highest BCUT2D eigenvalue weighted by molar-refractivity contribution is 5.95. The second-order valence-corrected chi connectivity index (χ2v) is 6.22. The lowest BCUT2D eigenvalue weighted by atomic mass is 10.0. The molecule has 2 aromatic carbocycles. The normalized spacial score (nSPS) is 13.6. The first-order chi connectivity index (χ1) is 12.1. The Morgan fingerprint density at radius 3 is 2.56 bits per heavy atom. The number of hydrogen-bond donors (Lipinski definition) is 1. The van der Waals surface area contributed by atoms with Crippen molar-refractivity contribution in [1.82, 2.24) is 5.32 Å². The largest absolute Gasteiger partial charge is 0.497 e. The third kappa shape index (κ3) is 4.05. The van der Waals surface area contributed by atoms with Crippen LogP contribution in [0, 0.1) is 0 Å². The van der Waals surface area contributed by atoms with Crippen LogP contribution < -0.4 is 19.5 Å². The van der Waals surface area contributed by atoms with Crippen LogP contribution in [-0.2, 0) is 12.8 Å². The SMILES string of the molecule is COc1cc(OC)cc(C(=O)NC(C)Cc2ccc3c(c2)CCO3)c1. The molecule has 3 rings (SSSR count). The summed E-state index contributed by atoms with van der Waals surface area (Å²) in [5, 5.41) is 3.03. The molecule has 0 aliphatic carbocycles. The van der Waals surface area contributed by atoms with E-state index in [4.69, 9.17) is 14.2 Å². The van der Waals surface area contributed by atoms with Gasteiger partial charge in [0.25, 0.3) is 5.91 Å². The maximum atomic E-state index is 12.5. The highest BCUT2D eigenvalue weighted by Crippen LogP contribution is 2.26. The number of carbonyl (C=O) groups excluding carboxylic acids is 1. The van der Waals surface area contributed by atoms with Crippen molar-refractivity contribution in [3.05, 3.63) is 53.1 Å². The molecule has 0 fully saturated rings. The van der Waals surface area contributed by atoms with Crippen molar-refractivity contribution < 1.29 is 19.0 Å². The van der Waals surface area contributed by atoms with Gasteiger partial charge in [0.05, 0.1) is 20.8 Å². The zero-order valence-electron chi connectivity index (χ0n) is 14.8. The fourth-order valence-electron chi connectivity index (χ4n) is 3.02. The van der Waals surface area contributed by atoms with E-state index >= 15 is 0 Å². The molecule has 0 aromatic heterocycles. The van der Waals surface area contributed by atoms with Gasteiger partial charge in [-0.25, -0.2) is 0 Å². The zero-order chi connectivity index (χ0) is 17.8. The van der Waals surface area contributed by atoms with E-state index in [2.05, 4.69) is 17.4 Å². The number of fused-ring (bicyclic) bond motifs is 1. The molecule has 2 aromatic rings. The van der Waals surface area contributed by atoms with Gasteiger partial charge in [0, 0.05) is 24.1 Å². The first-order valence-corrected chi connectivity index (χ1v) is 8.37. The van der Waals surface area contributed by atoms with Crippen LogP contribution in [0.4, 0.5) is 0 Å². The molecule has 1 amide bonds. The van der Waals surface area contributed by atoms with Crippen LogP contribution in [0.2, 0.25) is 0 Å². The molecule has 1 aliphatic rings. The van der Waals surface area contributed by atoms with Gasteiger partial charge in [0.2, 0.25) is 0 Å². The lowest BCUT2D eigenvalue weighted by molar-refractivity contribution is 0.0939. The van der Waals surface area contributed by atoms with Crippen molar-refractivity contribution in [1.29, 1.82) is 0 Å². The van der Waals surface area contributed by atoms with Gasteiger partial charge in [0.1, 0.15) is 17.2 Å². The van der Waals surface area contributed by atoms with Gasteiger partial charge >= 0.3 is 0 Å². The van der Waals surface area contributed by atoms with E-state index in [0.717, 1.165) is 25.2 Å². The summed E-state index contributed by atoms with van der Waals surface area (Å²) in [6.45, 7) is 2.75. The van der Waals surface area contributed by atoms with Gasteiger partial charge in [-0.3, -0.25) is 4.79 Å². The smallest absolute Gasteiger partial charge is 0.251 e. The van der Waals surface area contributed by atoms with E-state index in [9.17, 15) is 4.79 Å². The minimum Gasteiger partial charge on any atom is -0.497 e. The Bertz CT molecular complexity index is 750. The molecule has 132 valence electrons. The number of hydrogen-bond acceptors (Lipinski definition) is 4. The van der Waals surface area contributed by atoms with Gasteiger partial charge in [-0.2, -0.15) is 0 Å². The van der Waals surface area contributed by atoms with Crippen LogP contribution in [0.25, 0.3) is 0 Å². The fourth-order valence-corrected chi connectivity index (χ4v) is 3.02. The number of ether oxygens (including phenoxy) is 3. The molecule has 0 radical (unpaired) electrons. The van der Waals surface area contributed by atoms with E-state index in [1.165, 1.54) is 11.1 Å². The first kappa shape index (κ1) is 17.1. The fraction of sp³-hybridized carbons (Fsp3) is 0.350. The Hall–Kier alpha value is -2.69. The minimum atomic E-state index is -0.144. The van der Waals surface area contributed by atoms with Crippen LogP contribution in [0.1, 0.15) is 28.4 Å². The minimum absolute atomic E-state index is 0.00469. The molecule has 1 N–H and O–H groups in total. The molecule has 1 unspecified atom stereocenters. The van der Waals surface area contributed by atoms with Crippen LogP contribution in [0.15, 0.2) is 36.4 Å². The predicted octanol–water partition coefficient (Wildman–Crippen LogP) is 3.00. The average molecular weight is 341 g/mol. The Balaban J connectivity index is 1.66. The standard InChI is InChI=1S/C20H23NO4/c1-13(8-14-4-5-19-15(9-14)6-7-25-19)21-20(22)16-10-17(23-2)12-18(11-16)24-3/h4-5,9-13H,6-8H2,1-3H3,(H,21,22). The molecule has 0 saturated heterocycles. The predicted molar refractivity (Wildman–Crippen MR) is 95.8 cm³/mol. The van der Waals surface area contributed by atoms with Crippen molar-refractivity contribution in [2.75, 3.05) is 20.8 Å². The topological polar surface area (TPSA) is 56.8 Å². The Morgan fingerprint density at radius 2 is 1.88 bits per heavy atom. The number of carbonyl (C=O) groups is 1. The lowest BCUT2D eigenvalue weighted by Crippen LogP contribution is -2.34. The molecule has 0 spiro atoms. The molecule has 1 aliphatic heterocycles. The van der Waals surface area contributed by atoms with E-state index in [1.807, 2.05) is 13.0 Å². The molecule has 5 nitrogen and oxygen atoms in total. The summed E-state index contributed by atoms with van der Waals surface area (Å²) in [6, 6.07) is 11.4. The summed E-state index contributed by atoms with van der Waals surface area (Å²) >= 11 is 0. The van der Waals surface area contributed by atoms with E-state index in [1.54, 1.807) is 32.4 Å². The van der Waals surface area contributed by atoms with Crippen molar-refractivity contribution in [2.24, 2.45) is 0 Å². The van der Waals surface area contributed by atoms with Gasteiger partial charge in [-0.15, -0.1) is 0 Å². The molecule has 0 bridgehead atoms. The molecular weight excluding hydrogens is 318 g/mol. The Labute approximate surface area is 147 Å². The second kappa shape index (κ2) is 7.47. The quantitative estimate of drug-likeness (QED) is 0.877. The van der Waals surface area contributed by atoms with Gasteiger partial charge < -0.3 is 19.5 Å². The molecule has 1 atom stereocenters. The third-order valence-corrected chi connectivity index (χ3v) is 4.29. The molecule has 5 heteroatoms. The number of nitrogens with one attached hydrogen (secondary N) is 1. The summed E-state index contributed by atoms with van der Waals surface area (Å²) in [6.07, 6.45) is 1.72. The summed E-state index contributed by atoms with van der Waals surface area (Å²) < 4.78 is 16.0. The van der Waals surface area contributed by atoms with Crippen LogP contribution in [0.5, 0.6) is 17.2 Å². The zero-order valence-corrected chi connectivity index (χ0v) is 14.8. The van der Waals surface area contributed by atoms with Crippen molar-refractivity contribution in [3.8, 4) is 17.2 Å². The molecule has 25 heavy (non-hydrogen) atoms. The van der Waals surface area contributed by atoms with Gasteiger partial charge in [-0.05, 0) is 42.7 Å². The number of amides is 1. The highest BCUT2D eigenvalue weighted by atomic mass is 16.5. The maximum Gasteiger partial charge on any atom is 0.251 e. The maximum absolute atomic E-state index is 12.5. The summed E-state index contributed by atoms with van der Waals surface area (Å²) in [5.74, 6) is 2.02. The number of methoxy groups -OCH3 is 2. The summed E-state index contributed by atoms with van der Waals surface area (Å²) in [4.78, 5) is 12.5. The first-order valence-electron chi connectivity index (χ1n) is 8.37. The highest BCUT2D eigenvalue weighted by Gasteiger charge is 2.15. The number of rotatable bonds is 6. The van der Waals surface area contributed by atoms with E-state index < -0.39 is 0 Å². The van der Waals surface area contributed by atoms with Crippen LogP contribution in [-0.4, -0.2) is 32.8 Å². The molecule has 1 heterocycles. The molecule has 0 saturated carbocycles. The van der Waals surface area contributed by atoms with Gasteiger partial charge in [0.15, 0.2) is 0 Å². The van der Waals surface area contributed by atoms with E-state index in [-0.39, 0.29) is 11.9 Å². The van der Waals surface area contributed by atoms with E-state index in [0.29, 0.717) is 17.1 Å². The monoisotopic (exact) mass is 341 g/mol. The Kier molecular flexibility index (Phi) is 5.12. The lowest BCUT2D eigenvalue weighted by Gasteiger charge is -2.15. The third-order valence-electron chi connectivity index (χ3n) is 4.29. The molecular formula is C20H23NO4. The van der Waals surface area contributed by atoms with Crippen molar-refractivity contribution in [3.63, 3.8) is 0 Å². The summed E-state index contributed by atoms with van der Waals surface area (Å²) in [5.41, 5.74) is 2.96. The number of benzene rings is 2. The van der Waals surface area contributed by atoms with Crippen LogP contribution >= 0.6 is 0 Å². The average Bonchev–Trinajstić information content (AvgIpc) is 3.08. The van der Waals surface area contributed by atoms with Crippen molar-refractivity contribution in [2.45, 2.75) is 25.8 Å². The van der Waals surface area contributed by atoms with Crippen LogP contribution in [0.3, 0.4) is 0 Å². The second-order valence-electron chi connectivity index (χ2n) is 6.22. The Morgan fingerprint density at radius 1 is 1.16 bits per heavy atom. The van der Waals surface area contributed by atoms with Gasteiger partial charge in [-0.1, -0.05) is 12.1 Å².